The number of aliphatic hydroxyl groups is 1. The van der Waals surface area contributed by atoms with Crippen molar-refractivity contribution in [1.29, 1.82) is 0 Å². The third kappa shape index (κ3) is 2.48. The molecule has 2 heteroatoms. The summed E-state index contributed by atoms with van der Waals surface area (Å²) < 4.78 is 0. The van der Waals surface area contributed by atoms with E-state index in [0.717, 1.165) is 13.0 Å². The minimum Gasteiger partial charge on any atom is -0.392 e. The van der Waals surface area contributed by atoms with Gasteiger partial charge in [-0.2, -0.15) is 0 Å². The van der Waals surface area contributed by atoms with Gasteiger partial charge in [-0.1, -0.05) is 13.8 Å². The lowest BCUT2D eigenvalue weighted by atomic mass is 9.87. The monoisotopic (exact) mass is 199 g/mol. The van der Waals surface area contributed by atoms with Crippen LogP contribution in [0.3, 0.4) is 0 Å². The third-order valence-electron chi connectivity index (χ3n) is 3.81. The molecule has 2 unspecified atom stereocenters. The molecule has 0 aromatic heterocycles. The molecule has 0 saturated heterocycles. The number of aliphatic hydroxyl groups excluding tert-OH is 1. The Morgan fingerprint density at radius 1 is 1.43 bits per heavy atom. The molecule has 1 rings (SSSR count). The highest BCUT2D eigenvalue weighted by Crippen LogP contribution is 2.41. The molecule has 0 amide bonds. The molecule has 0 bridgehead atoms. The lowest BCUT2D eigenvalue weighted by Crippen LogP contribution is -2.37. The molecule has 1 N–H and O–H groups in total. The van der Waals surface area contributed by atoms with Crippen molar-refractivity contribution < 1.29 is 5.11 Å². The molecule has 1 saturated carbocycles. The third-order valence-corrected chi connectivity index (χ3v) is 3.81. The normalized spacial score (nSPS) is 31.7. The van der Waals surface area contributed by atoms with E-state index in [1.807, 2.05) is 0 Å². The van der Waals surface area contributed by atoms with Crippen molar-refractivity contribution in [1.82, 2.24) is 4.90 Å². The first-order valence-corrected chi connectivity index (χ1v) is 5.73. The van der Waals surface area contributed by atoms with Crippen LogP contribution in [0.25, 0.3) is 0 Å². The summed E-state index contributed by atoms with van der Waals surface area (Å²) in [5, 5.41) is 10.1. The number of hydrogen-bond acceptors (Lipinski definition) is 2. The van der Waals surface area contributed by atoms with Gasteiger partial charge in [-0.3, -0.25) is 0 Å². The second-order valence-corrected chi connectivity index (χ2v) is 5.77. The van der Waals surface area contributed by atoms with Crippen LogP contribution in [0.5, 0.6) is 0 Å². The Morgan fingerprint density at radius 2 is 2.00 bits per heavy atom. The van der Waals surface area contributed by atoms with Crippen LogP contribution in [0.4, 0.5) is 0 Å². The second-order valence-electron chi connectivity index (χ2n) is 5.77. The van der Waals surface area contributed by atoms with Crippen LogP contribution >= 0.6 is 0 Å². The fourth-order valence-corrected chi connectivity index (χ4v) is 2.27. The van der Waals surface area contributed by atoms with E-state index in [0.29, 0.717) is 12.0 Å². The molecule has 1 fully saturated rings. The average Bonchev–Trinajstić information content (AvgIpc) is 2.32. The van der Waals surface area contributed by atoms with Gasteiger partial charge in [0.15, 0.2) is 0 Å². The van der Waals surface area contributed by atoms with Crippen LogP contribution < -0.4 is 0 Å². The SMILES string of the molecule is CC(C)N(C)CC1CCC(C)(C)C1O. The van der Waals surface area contributed by atoms with Crippen molar-refractivity contribution in [3.63, 3.8) is 0 Å². The maximum Gasteiger partial charge on any atom is 0.0631 e. The van der Waals surface area contributed by atoms with Gasteiger partial charge >= 0.3 is 0 Å². The first-order chi connectivity index (χ1) is 6.34. The Bertz CT molecular complexity index is 189. The van der Waals surface area contributed by atoms with E-state index < -0.39 is 0 Å². The van der Waals surface area contributed by atoms with E-state index in [-0.39, 0.29) is 11.5 Å². The highest BCUT2D eigenvalue weighted by atomic mass is 16.3. The average molecular weight is 199 g/mol. The van der Waals surface area contributed by atoms with E-state index in [2.05, 4.69) is 39.6 Å². The van der Waals surface area contributed by atoms with Gasteiger partial charge in [-0.05, 0) is 45.1 Å². The van der Waals surface area contributed by atoms with Crippen molar-refractivity contribution in [3.05, 3.63) is 0 Å². The highest BCUT2D eigenvalue weighted by molar-refractivity contribution is 4.92. The number of rotatable bonds is 3. The Labute approximate surface area is 88.3 Å². The predicted octanol–water partition coefficient (Wildman–Crippen LogP) is 2.12. The van der Waals surface area contributed by atoms with Crippen molar-refractivity contribution in [2.24, 2.45) is 11.3 Å². The summed E-state index contributed by atoms with van der Waals surface area (Å²) in [5.41, 5.74) is 0.127. The van der Waals surface area contributed by atoms with Gasteiger partial charge < -0.3 is 10.0 Å². The summed E-state index contributed by atoms with van der Waals surface area (Å²) in [4.78, 5) is 2.33. The molecule has 1 aliphatic carbocycles. The molecule has 2 nitrogen and oxygen atoms in total. The molecule has 0 spiro atoms. The summed E-state index contributed by atoms with van der Waals surface area (Å²) in [7, 11) is 2.14. The Kier molecular flexibility index (Phi) is 3.59. The largest absolute Gasteiger partial charge is 0.392 e. The van der Waals surface area contributed by atoms with Crippen molar-refractivity contribution >= 4 is 0 Å². The Morgan fingerprint density at radius 3 is 2.36 bits per heavy atom. The summed E-state index contributed by atoms with van der Waals surface area (Å²) in [5.74, 6) is 0.470. The lowest BCUT2D eigenvalue weighted by molar-refractivity contribution is 0.0325. The van der Waals surface area contributed by atoms with Gasteiger partial charge in [0.05, 0.1) is 6.10 Å². The van der Waals surface area contributed by atoms with Crippen molar-refractivity contribution in [2.75, 3.05) is 13.6 Å². The zero-order chi connectivity index (χ0) is 10.9. The quantitative estimate of drug-likeness (QED) is 0.752. The summed E-state index contributed by atoms with van der Waals surface area (Å²) in [6.07, 6.45) is 2.21. The second kappa shape index (κ2) is 4.19. The highest BCUT2D eigenvalue weighted by Gasteiger charge is 2.40. The minimum absolute atomic E-state index is 0.122. The van der Waals surface area contributed by atoms with Gasteiger partial charge in [-0.15, -0.1) is 0 Å². The predicted molar refractivity (Wildman–Crippen MR) is 60.3 cm³/mol. The number of hydrogen-bond donors (Lipinski definition) is 1. The fraction of sp³-hybridized carbons (Fsp3) is 1.00. The molecule has 1 aliphatic rings. The van der Waals surface area contributed by atoms with Crippen LogP contribution in [0.2, 0.25) is 0 Å². The van der Waals surface area contributed by atoms with Crippen molar-refractivity contribution in [2.45, 2.75) is 52.7 Å². The van der Waals surface area contributed by atoms with E-state index in [1.165, 1.54) is 6.42 Å². The first kappa shape index (κ1) is 12.0. The molecule has 0 heterocycles. The minimum atomic E-state index is -0.122. The fourth-order valence-electron chi connectivity index (χ4n) is 2.27. The van der Waals surface area contributed by atoms with Crippen LogP contribution in [-0.4, -0.2) is 35.7 Å². The molecule has 84 valence electrons. The van der Waals surface area contributed by atoms with Gasteiger partial charge in [0, 0.05) is 12.6 Å². The molecule has 0 aliphatic heterocycles. The van der Waals surface area contributed by atoms with Gasteiger partial charge in [0.25, 0.3) is 0 Å². The summed E-state index contributed by atoms with van der Waals surface area (Å²) in [6, 6.07) is 0.575. The zero-order valence-corrected chi connectivity index (χ0v) is 10.2. The van der Waals surface area contributed by atoms with Gasteiger partial charge in [-0.25, -0.2) is 0 Å². The van der Waals surface area contributed by atoms with E-state index in [1.54, 1.807) is 0 Å². The smallest absolute Gasteiger partial charge is 0.0631 e. The van der Waals surface area contributed by atoms with Crippen LogP contribution in [0, 0.1) is 11.3 Å². The van der Waals surface area contributed by atoms with Crippen molar-refractivity contribution in [3.8, 4) is 0 Å². The van der Waals surface area contributed by atoms with Gasteiger partial charge in [0.2, 0.25) is 0 Å². The van der Waals surface area contributed by atoms with E-state index >= 15 is 0 Å². The maximum absolute atomic E-state index is 10.1. The molecule has 2 atom stereocenters. The maximum atomic E-state index is 10.1. The summed E-state index contributed by atoms with van der Waals surface area (Å²) >= 11 is 0. The topological polar surface area (TPSA) is 23.5 Å². The Hall–Kier alpha value is -0.0800. The van der Waals surface area contributed by atoms with Gasteiger partial charge in [0.1, 0.15) is 0 Å². The van der Waals surface area contributed by atoms with Crippen LogP contribution in [-0.2, 0) is 0 Å². The Balaban J connectivity index is 2.48. The standard InChI is InChI=1S/C12H25NO/c1-9(2)13(5)8-10-6-7-12(3,4)11(10)14/h9-11,14H,6-8H2,1-5H3. The lowest BCUT2D eigenvalue weighted by Gasteiger charge is -2.30. The molecular formula is C12H25NO. The molecule has 0 radical (unpaired) electrons. The molecule has 0 aromatic carbocycles. The molecule has 0 aromatic rings. The summed E-state index contributed by atoms with van der Waals surface area (Å²) in [6.45, 7) is 9.78. The number of nitrogens with zero attached hydrogens (tertiary/aromatic N) is 1. The molecular weight excluding hydrogens is 174 g/mol. The van der Waals surface area contributed by atoms with E-state index in [4.69, 9.17) is 0 Å². The van der Waals surface area contributed by atoms with Crippen LogP contribution in [0.1, 0.15) is 40.5 Å². The first-order valence-electron chi connectivity index (χ1n) is 5.73. The van der Waals surface area contributed by atoms with Crippen LogP contribution in [0.15, 0.2) is 0 Å². The zero-order valence-electron chi connectivity index (χ0n) is 10.2. The van der Waals surface area contributed by atoms with E-state index in [9.17, 15) is 5.11 Å². The molecule has 14 heavy (non-hydrogen) atoms.